The number of primary sulfonamides is 1. The Morgan fingerprint density at radius 1 is 1.40 bits per heavy atom. The van der Waals surface area contributed by atoms with Crippen LogP contribution in [0.2, 0.25) is 0 Å². The number of sulfonamides is 1. The second-order valence-corrected chi connectivity index (χ2v) is 8.76. The maximum Gasteiger partial charge on any atom is 0.350 e. The van der Waals surface area contributed by atoms with E-state index < -0.39 is 10.0 Å². The summed E-state index contributed by atoms with van der Waals surface area (Å²) in [7, 11) is -2.13. The van der Waals surface area contributed by atoms with Crippen molar-refractivity contribution in [3.8, 4) is 0 Å². The summed E-state index contributed by atoms with van der Waals surface area (Å²) in [6.45, 7) is 6.09. The number of thiazole rings is 1. The number of hydrogen-bond acceptors (Lipinski definition) is 7. The highest BCUT2D eigenvalue weighted by Gasteiger charge is 2.20. The van der Waals surface area contributed by atoms with Gasteiger partial charge in [-0.1, -0.05) is 12.1 Å². The SMILES string of the molecule is CCOC(=O)c1sc(C(C)NC(=NC)NCc2cccc(S(N)(=O)=O)c2)nc1C.I. The third-order valence-corrected chi connectivity index (χ3v) is 6.14. The molecule has 1 atom stereocenters. The average Bonchev–Trinajstić information content (AvgIpc) is 3.06. The van der Waals surface area contributed by atoms with E-state index in [-0.39, 0.29) is 40.9 Å². The number of ether oxygens (including phenoxy) is 1. The van der Waals surface area contributed by atoms with Gasteiger partial charge in [0.25, 0.3) is 0 Å². The van der Waals surface area contributed by atoms with Crippen molar-refractivity contribution >= 4 is 57.3 Å². The van der Waals surface area contributed by atoms with Crippen molar-refractivity contribution in [2.24, 2.45) is 10.1 Å². The van der Waals surface area contributed by atoms with Crippen molar-refractivity contribution in [1.29, 1.82) is 0 Å². The maximum absolute atomic E-state index is 12.0. The van der Waals surface area contributed by atoms with Gasteiger partial charge < -0.3 is 15.4 Å². The summed E-state index contributed by atoms with van der Waals surface area (Å²) in [5.41, 5.74) is 1.36. The summed E-state index contributed by atoms with van der Waals surface area (Å²) in [4.78, 5) is 21.1. The summed E-state index contributed by atoms with van der Waals surface area (Å²) in [5, 5.41) is 12.2. The summed E-state index contributed by atoms with van der Waals surface area (Å²) in [6, 6.07) is 6.16. The van der Waals surface area contributed by atoms with Crippen molar-refractivity contribution in [3.63, 3.8) is 0 Å². The number of nitrogens with zero attached hydrogens (tertiary/aromatic N) is 2. The van der Waals surface area contributed by atoms with Crippen LogP contribution in [0.5, 0.6) is 0 Å². The highest BCUT2D eigenvalue weighted by molar-refractivity contribution is 14.0. The summed E-state index contributed by atoms with van der Waals surface area (Å²) < 4.78 is 28.0. The minimum absolute atomic E-state index is 0. The monoisotopic (exact) mass is 567 g/mol. The lowest BCUT2D eigenvalue weighted by molar-refractivity contribution is 0.0531. The molecule has 30 heavy (non-hydrogen) atoms. The molecule has 0 aliphatic carbocycles. The van der Waals surface area contributed by atoms with Gasteiger partial charge in [0.1, 0.15) is 9.88 Å². The molecule has 1 heterocycles. The molecule has 0 aliphatic rings. The number of carbonyl (C=O) groups is 1. The number of aryl methyl sites for hydroxylation is 1. The lowest BCUT2D eigenvalue weighted by atomic mass is 10.2. The molecule has 0 saturated heterocycles. The maximum atomic E-state index is 12.0. The largest absolute Gasteiger partial charge is 0.462 e. The minimum atomic E-state index is -3.76. The highest BCUT2D eigenvalue weighted by Crippen LogP contribution is 2.24. The predicted octanol–water partition coefficient (Wildman–Crippen LogP) is 2.32. The van der Waals surface area contributed by atoms with Gasteiger partial charge in [-0.3, -0.25) is 4.99 Å². The van der Waals surface area contributed by atoms with Gasteiger partial charge in [-0.2, -0.15) is 0 Å². The number of hydrogen-bond donors (Lipinski definition) is 3. The predicted molar refractivity (Wildman–Crippen MR) is 128 cm³/mol. The van der Waals surface area contributed by atoms with Gasteiger partial charge in [-0.15, -0.1) is 35.3 Å². The minimum Gasteiger partial charge on any atom is -0.462 e. The highest BCUT2D eigenvalue weighted by atomic mass is 127. The van der Waals surface area contributed by atoms with Gasteiger partial charge in [-0.05, 0) is 38.5 Å². The number of aromatic nitrogens is 1. The molecule has 0 spiro atoms. The van der Waals surface area contributed by atoms with Gasteiger partial charge in [0.15, 0.2) is 5.96 Å². The molecular formula is C18H26IN5O4S2. The van der Waals surface area contributed by atoms with Crippen LogP contribution >= 0.6 is 35.3 Å². The first-order valence-electron chi connectivity index (χ1n) is 8.89. The first kappa shape index (κ1) is 26.3. The summed E-state index contributed by atoms with van der Waals surface area (Å²) in [5.74, 6) is 0.127. The molecule has 0 saturated carbocycles. The van der Waals surface area contributed by atoms with E-state index in [2.05, 4.69) is 20.6 Å². The molecule has 1 aromatic carbocycles. The number of rotatable bonds is 7. The number of benzene rings is 1. The van der Waals surface area contributed by atoms with Crippen molar-refractivity contribution in [2.45, 2.75) is 38.3 Å². The van der Waals surface area contributed by atoms with Crippen molar-refractivity contribution < 1.29 is 17.9 Å². The number of halogens is 1. The number of esters is 1. The summed E-state index contributed by atoms with van der Waals surface area (Å²) in [6.07, 6.45) is 0. The Labute approximate surface area is 197 Å². The van der Waals surface area contributed by atoms with Gasteiger partial charge in [0.2, 0.25) is 10.0 Å². The van der Waals surface area contributed by atoms with E-state index >= 15 is 0 Å². The van der Waals surface area contributed by atoms with Gasteiger partial charge in [0.05, 0.1) is 23.2 Å². The number of nitrogens with one attached hydrogen (secondary N) is 2. The smallest absolute Gasteiger partial charge is 0.350 e. The van der Waals surface area contributed by atoms with Crippen molar-refractivity contribution in [1.82, 2.24) is 15.6 Å². The van der Waals surface area contributed by atoms with Crippen molar-refractivity contribution in [2.75, 3.05) is 13.7 Å². The van der Waals surface area contributed by atoms with E-state index in [1.807, 2.05) is 6.92 Å². The molecule has 9 nitrogen and oxygen atoms in total. The van der Waals surface area contributed by atoms with E-state index in [0.717, 1.165) is 10.6 Å². The van der Waals surface area contributed by atoms with Gasteiger partial charge >= 0.3 is 5.97 Å². The topological polar surface area (TPSA) is 136 Å². The first-order chi connectivity index (χ1) is 13.7. The Bertz CT molecular complexity index is 1010. The number of carbonyl (C=O) groups excluding carboxylic acids is 1. The molecule has 12 heteroatoms. The number of nitrogens with two attached hydrogens (primary N) is 1. The van der Waals surface area contributed by atoms with E-state index in [1.54, 1.807) is 33.0 Å². The molecule has 0 fully saturated rings. The molecule has 0 amide bonds. The van der Waals surface area contributed by atoms with Gasteiger partial charge in [-0.25, -0.2) is 23.3 Å². The lowest BCUT2D eigenvalue weighted by Gasteiger charge is -2.16. The van der Waals surface area contributed by atoms with E-state index in [4.69, 9.17) is 9.88 Å². The van der Waals surface area contributed by atoms with Crippen LogP contribution in [-0.4, -0.2) is 39.0 Å². The van der Waals surface area contributed by atoms with Crippen LogP contribution in [0.25, 0.3) is 0 Å². The van der Waals surface area contributed by atoms with Crippen LogP contribution in [0.1, 0.15) is 45.8 Å². The second kappa shape index (κ2) is 11.6. The van der Waals surface area contributed by atoms with Crippen LogP contribution in [0.15, 0.2) is 34.2 Å². The number of aliphatic imine (C=N–C) groups is 1. The zero-order valence-corrected chi connectivity index (χ0v) is 21.1. The average molecular weight is 567 g/mol. The Hall–Kier alpha value is -1.77. The molecule has 2 rings (SSSR count). The van der Waals surface area contributed by atoms with Crippen LogP contribution in [0.3, 0.4) is 0 Å². The molecule has 166 valence electrons. The van der Waals surface area contributed by atoms with E-state index in [1.165, 1.54) is 23.5 Å². The Balaban J connectivity index is 0.00000450. The fourth-order valence-corrected chi connectivity index (χ4v) is 4.02. The second-order valence-electron chi connectivity index (χ2n) is 6.17. The molecule has 0 radical (unpaired) electrons. The van der Waals surface area contributed by atoms with Crippen LogP contribution in [-0.2, 0) is 21.3 Å². The molecule has 1 aromatic heterocycles. The molecule has 4 N–H and O–H groups in total. The fraction of sp³-hybridized carbons (Fsp3) is 0.389. The Morgan fingerprint density at radius 2 is 2.10 bits per heavy atom. The standard InChI is InChI=1S/C18H25N5O4S2.HI/c1-5-27-17(24)15-11(2)22-16(28-15)12(3)23-18(20-4)21-10-13-7-6-8-14(9-13)29(19,25)26;/h6-9,12H,5,10H2,1-4H3,(H2,19,25,26)(H2,20,21,23);1H. The van der Waals surface area contributed by atoms with E-state index in [0.29, 0.717) is 29.7 Å². The van der Waals surface area contributed by atoms with Crippen LogP contribution < -0.4 is 15.8 Å². The van der Waals surface area contributed by atoms with Crippen LogP contribution in [0, 0.1) is 6.92 Å². The van der Waals surface area contributed by atoms with E-state index in [9.17, 15) is 13.2 Å². The zero-order valence-electron chi connectivity index (χ0n) is 17.1. The lowest BCUT2D eigenvalue weighted by Crippen LogP contribution is -2.38. The number of guanidine groups is 1. The molecule has 0 aliphatic heterocycles. The molecule has 2 aromatic rings. The summed E-state index contributed by atoms with van der Waals surface area (Å²) >= 11 is 1.28. The Morgan fingerprint density at radius 3 is 2.70 bits per heavy atom. The first-order valence-corrected chi connectivity index (χ1v) is 11.2. The fourth-order valence-electron chi connectivity index (χ4n) is 2.47. The third kappa shape index (κ3) is 7.18. The Kier molecular flexibility index (Phi) is 10.1. The van der Waals surface area contributed by atoms with Crippen LogP contribution in [0.4, 0.5) is 0 Å². The van der Waals surface area contributed by atoms with Gasteiger partial charge in [0, 0.05) is 13.6 Å². The quantitative estimate of drug-likeness (QED) is 0.202. The molecule has 1 unspecified atom stereocenters. The van der Waals surface area contributed by atoms with Crippen molar-refractivity contribution in [3.05, 3.63) is 45.4 Å². The molecular weight excluding hydrogens is 541 g/mol. The third-order valence-electron chi connectivity index (χ3n) is 3.91. The molecule has 0 bridgehead atoms. The normalized spacial score (nSPS) is 12.6. The zero-order chi connectivity index (χ0) is 21.6.